The fourth-order valence-corrected chi connectivity index (χ4v) is 3.25. The van der Waals surface area contributed by atoms with Gasteiger partial charge in [0, 0.05) is 45.3 Å². The molecule has 0 aliphatic carbocycles. The van der Waals surface area contributed by atoms with Crippen LogP contribution in [0.3, 0.4) is 0 Å². The average Bonchev–Trinajstić information content (AvgIpc) is 2.50. The number of halogens is 1. The highest BCUT2D eigenvalue weighted by atomic mass is 127. The van der Waals surface area contributed by atoms with E-state index in [2.05, 4.69) is 60.0 Å². The Morgan fingerprint density at radius 1 is 1.08 bits per heavy atom. The highest BCUT2D eigenvalue weighted by Crippen LogP contribution is 2.15. The zero-order valence-electron chi connectivity index (χ0n) is 16.6. The summed E-state index contributed by atoms with van der Waals surface area (Å²) in [5, 5.41) is 6.87. The molecule has 1 fully saturated rings. The van der Waals surface area contributed by atoms with E-state index < -0.39 is 0 Å². The summed E-state index contributed by atoms with van der Waals surface area (Å²) >= 11 is 0. The van der Waals surface area contributed by atoms with Crippen LogP contribution >= 0.6 is 24.0 Å². The van der Waals surface area contributed by atoms with E-state index in [1.54, 1.807) is 0 Å². The summed E-state index contributed by atoms with van der Waals surface area (Å²) in [6.07, 6.45) is 2.68. The standard InChI is InChI=1S/C18H39N5.HI/c1-15(2)23(16(3)4)14-10-21-18(19-6)20-9-13-22-11-7-17(5)8-12-22;/h15-17H,7-14H2,1-6H3,(H2,19,20,21);1H. The van der Waals surface area contributed by atoms with Gasteiger partial charge >= 0.3 is 0 Å². The van der Waals surface area contributed by atoms with E-state index in [9.17, 15) is 0 Å². The number of nitrogens with one attached hydrogen (secondary N) is 2. The molecule has 0 aromatic heterocycles. The molecule has 1 aliphatic heterocycles. The SMILES string of the molecule is CN=C(NCCN1CCC(C)CC1)NCCN(C(C)C)C(C)C.I. The zero-order chi connectivity index (χ0) is 17.2. The average molecular weight is 453 g/mol. The van der Waals surface area contributed by atoms with Gasteiger partial charge < -0.3 is 15.5 Å². The predicted molar refractivity (Wildman–Crippen MR) is 117 cm³/mol. The number of guanidine groups is 1. The Morgan fingerprint density at radius 3 is 2.12 bits per heavy atom. The van der Waals surface area contributed by atoms with Crippen molar-refractivity contribution in [1.29, 1.82) is 0 Å². The third-order valence-electron chi connectivity index (χ3n) is 4.81. The lowest BCUT2D eigenvalue weighted by Gasteiger charge is -2.31. The topological polar surface area (TPSA) is 42.9 Å². The van der Waals surface area contributed by atoms with E-state index in [1.165, 1.54) is 25.9 Å². The number of hydrogen-bond donors (Lipinski definition) is 2. The van der Waals surface area contributed by atoms with Crippen molar-refractivity contribution in [2.24, 2.45) is 10.9 Å². The van der Waals surface area contributed by atoms with Crippen LogP contribution in [-0.2, 0) is 0 Å². The maximum atomic E-state index is 4.33. The van der Waals surface area contributed by atoms with Gasteiger partial charge in [-0.05, 0) is 59.5 Å². The van der Waals surface area contributed by atoms with Crippen molar-refractivity contribution in [1.82, 2.24) is 20.4 Å². The van der Waals surface area contributed by atoms with Gasteiger partial charge in [-0.25, -0.2) is 0 Å². The van der Waals surface area contributed by atoms with Crippen molar-refractivity contribution in [2.75, 3.05) is 46.3 Å². The fourth-order valence-electron chi connectivity index (χ4n) is 3.25. The Kier molecular flexibility index (Phi) is 13.1. The molecule has 1 heterocycles. The number of aliphatic imine (C=N–C) groups is 1. The molecule has 6 heteroatoms. The Labute approximate surface area is 167 Å². The molecule has 1 saturated heterocycles. The van der Waals surface area contributed by atoms with E-state index in [1.807, 2.05) is 7.05 Å². The summed E-state index contributed by atoms with van der Waals surface area (Å²) in [7, 11) is 1.85. The molecule has 0 unspecified atom stereocenters. The Balaban J connectivity index is 0.00000529. The van der Waals surface area contributed by atoms with Crippen molar-refractivity contribution in [3.8, 4) is 0 Å². The molecular formula is C18H40IN5. The van der Waals surface area contributed by atoms with Crippen LogP contribution < -0.4 is 10.6 Å². The van der Waals surface area contributed by atoms with E-state index in [4.69, 9.17) is 0 Å². The molecule has 0 saturated carbocycles. The van der Waals surface area contributed by atoms with Gasteiger partial charge in [-0.15, -0.1) is 24.0 Å². The molecule has 24 heavy (non-hydrogen) atoms. The van der Waals surface area contributed by atoms with Crippen molar-refractivity contribution in [2.45, 2.75) is 59.5 Å². The van der Waals surface area contributed by atoms with Crippen LogP contribution in [-0.4, -0.2) is 74.2 Å². The van der Waals surface area contributed by atoms with Gasteiger partial charge in [0.25, 0.3) is 0 Å². The van der Waals surface area contributed by atoms with Crippen molar-refractivity contribution < 1.29 is 0 Å². The second-order valence-corrected chi connectivity index (χ2v) is 7.38. The van der Waals surface area contributed by atoms with Crippen LogP contribution in [0.25, 0.3) is 0 Å². The monoisotopic (exact) mass is 453 g/mol. The van der Waals surface area contributed by atoms with Gasteiger partial charge in [-0.2, -0.15) is 0 Å². The minimum Gasteiger partial charge on any atom is -0.355 e. The molecule has 0 amide bonds. The molecule has 0 spiro atoms. The van der Waals surface area contributed by atoms with E-state index in [-0.39, 0.29) is 24.0 Å². The van der Waals surface area contributed by atoms with Gasteiger partial charge in [-0.1, -0.05) is 6.92 Å². The smallest absolute Gasteiger partial charge is 0.191 e. The molecule has 0 aromatic rings. The molecule has 0 bridgehead atoms. The maximum absolute atomic E-state index is 4.33. The lowest BCUT2D eigenvalue weighted by Crippen LogP contribution is -2.47. The normalized spacial score (nSPS) is 17.5. The van der Waals surface area contributed by atoms with Gasteiger partial charge in [0.15, 0.2) is 5.96 Å². The molecule has 2 N–H and O–H groups in total. The van der Waals surface area contributed by atoms with Crippen molar-refractivity contribution >= 4 is 29.9 Å². The molecule has 1 rings (SSSR count). The summed E-state index contributed by atoms with van der Waals surface area (Å²) in [6.45, 7) is 17.9. The lowest BCUT2D eigenvalue weighted by molar-refractivity contribution is 0.178. The van der Waals surface area contributed by atoms with Gasteiger partial charge in [-0.3, -0.25) is 9.89 Å². The second kappa shape index (κ2) is 13.2. The van der Waals surface area contributed by atoms with Crippen molar-refractivity contribution in [3.05, 3.63) is 0 Å². The molecule has 5 nitrogen and oxygen atoms in total. The first-order valence-electron chi connectivity index (χ1n) is 9.36. The number of hydrogen-bond acceptors (Lipinski definition) is 3. The first-order valence-corrected chi connectivity index (χ1v) is 9.36. The summed E-state index contributed by atoms with van der Waals surface area (Å²) in [4.78, 5) is 9.38. The summed E-state index contributed by atoms with van der Waals surface area (Å²) < 4.78 is 0. The summed E-state index contributed by atoms with van der Waals surface area (Å²) in [5.41, 5.74) is 0. The van der Waals surface area contributed by atoms with Crippen LogP contribution in [0.15, 0.2) is 4.99 Å². The molecule has 144 valence electrons. The molecule has 0 radical (unpaired) electrons. The Morgan fingerprint density at radius 2 is 1.62 bits per heavy atom. The molecule has 0 atom stereocenters. The van der Waals surface area contributed by atoms with Crippen LogP contribution in [0.4, 0.5) is 0 Å². The maximum Gasteiger partial charge on any atom is 0.191 e. The minimum atomic E-state index is 0. The van der Waals surface area contributed by atoms with E-state index in [0.717, 1.165) is 38.1 Å². The Bertz CT molecular complexity index is 330. The van der Waals surface area contributed by atoms with Crippen LogP contribution in [0.2, 0.25) is 0 Å². The van der Waals surface area contributed by atoms with E-state index in [0.29, 0.717) is 12.1 Å². The summed E-state index contributed by atoms with van der Waals surface area (Å²) in [6, 6.07) is 1.15. The number of nitrogens with zero attached hydrogens (tertiary/aromatic N) is 3. The van der Waals surface area contributed by atoms with Crippen LogP contribution in [0.1, 0.15) is 47.5 Å². The quantitative estimate of drug-likeness (QED) is 0.337. The first kappa shape index (κ1) is 23.9. The van der Waals surface area contributed by atoms with Gasteiger partial charge in [0.1, 0.15) is 0 Å². The lowest BCUT2D eigenvalue weighted by atomic mass is 9.99. The first-order chi connectivity index (χ1) is 10.9. The van der Waals surface area contributed by atoms with Crippen molar-refractivity contribution in [3.63, 3.8) is 0 Å². The molecule has 0 aromatic carbocycles. The van der Waals surface area contributed by atoms with Gasteiger partial charge in [0.05, 0.1) is 0 Å². The third-order valence-corrected chi connectivity index (χ3v) is 4.81. The largest absolute Gasteiger partial charge is 0.355 e. The summed E-state index contributed by atoms with van der Waals surface area (Å²) in [5.74, 6) is 1.82. The van der Waals surface area contributed by atoms with Crippen LogP contribution in [0, 0.1) is 5.92 Å². The number of likely N-dealkylation sites (tertiary alicyclic amines) is 1. The second-order valence-electron chi connectivity index (χ2n) is 7.38. The minimum absolute atomic E-state index is 0. The fraction of sp³-hybridized carbons (Fsp3) is 0.944. The third kappa shape index (κ3) is 9.42. The Hall–Kier alpha value is -0.0800. The highest BCUT2D eigenvalue weighted by Gasteiger charge is 2.15. The zero-order valence-corrected chi connectivity index (χ0v) is 19.0. The predicted octanol–water partition coefficient (Wildman–Crippen LogP) is 2.62. The number of piperidine rings is 1. The van der Waals surface area contributed by atoms with Gasteiger partial charge in [0.2, 0.25) is 0 Å². The van der Waals surface area contributed by atoms with E-state index >= 15 is 0 Å². The molecular weight excluding hydrogens is 413 g/mol. The van der Waals surface area contributed by atoms with Crippen LogP contribution in [0.5, 0.6) is 0 Å². The molecule has 1 aliphatic rings. The highest BCUT2D eigenvalue weighted by molar-refractivity contribution is 14.0. The number of rotatable bonds is 8.